The van der Waals surface area contributed by atoms with Crippen LogP contribution in [0.2, 0.25) is 0 Å². The molecule has 0 bridgehead atoms. The summed E-state index contributed by atoms with van der Waals surface area (Å²) in [4.78, 5) is 27.7. The van der Waals surface area contributed by atoms with E-state index in [2.05, 4.69) is 9.80 Å². The Morgan fingerprint density at radius 2 is 1.86 bits per heavy atom. The minimum Gasteiger partial charge on any atom is -0.480 e. The highest BCUT2D eigenvalue weighted by molar-refractivity contribution is 5.69. The number of nitrogens with zero attached hydrogens (tertiary/aromatic N) is 5. The van der Waals surface area contributed by atoms with Crippen LogP contribution in [0.3, 0.4) is 0 Å². The van der Waals surface area contributed by atoms with Gasteiger partial charge in [-0.3, -0.25) is 9.69 Å². The van der Waals surface area contributed by atoms with Gasteiger partial charge in [0.1, 0.15) is 5.82 Å². The number of carboxylic acids is 1. The Bertz CT molecular complexity index is 794. The lowest BCUT2D eigenvalue weighted by molar-refractivity contribution is -0.138. The van der Waals surface area contributed by atoms with Crippen LogP contribution in [-0.2, 0) is 21.4 Å². The Morgan fingerprint density at radius 1 is 1.17 bits per heavy atom. The lowest BCUT2D eigenvalue weighted by Crippen LogP contribution is -2.44. The Balaban J connectivity index is 1.46. The van der Waals surface area contributed by atoms with Crippen LogP contribution in [0.5, 0.6) is 0 Å². The zero-order chi connectivity index (χ0) is 20.2. The minimum atomic E-state index is -0.740. The number of rotatable bonds is 4. The molecule has 0 radical (unpaired) electrons. The van der Waals surface area contributed by atoms with E-state index in [1.807, 2.05) is 19.0 Å². The summed E-state index contributed by atoms with van der Waals surface area (Å²) >= 11 is 0. The number of aromatic nitrogens is 2. The first-order chi connectivity index (χ1) is 13.9. The summed E-state index contributed by atoms with van der Waals surface area (Å²) in [6.07, 6.45) is 4.09. The topological polar surface area (TPSA) is 82.0 Å². The quantitative estimate of drug-likeness (QED) is 0.800. The molecule has 0 amide bonds. The van der Waals surface area contributed by atoms with Crippen LogP contribution in [0.1, 0.15) is 30.5 Å². The number of anilines is 2. The number of fused-ring (bicyclic) bond motifs is 3. The van der Waals surface area contributed by atoms with E-state index in [9.17, 15) is 4.79 Å². The van der Waals surface area contributed by atoms with E-state index in [1.54, 1.807) is 0 Å². The summed E-state index contributed by atoms with van der Waals surface area (Å²) < 4.78 is 5.66. The molecule has 0 unspecified atom stereocenters. The smallest absolute Gasteiger partial charge is 0.317 e. The SMILES string of the molecule is CN(C)c1nc(N2C[C@H]3COC[C@H]3C2)c2c(n1)C1(CC2)CCN(CC(=O)O)CC1. The van der Waals surface area contributed by atoms with Crippen molar-refractivity contribution in [1.29, 1.82) is 0 Å². The second kappa shape index (κ2) is 7.09. The molecule has 8 heteroatoms. The first-order valence-electron chi connectivity index (χ1n) is 10.8. The molecule has 158 valence electrons. The van der Waals surface area contributed by atoms with Crippen molar-refractivity contribution in [3.05, 3.63) is 11.3 Å². The van der Waals surface area contributed by atoms with Crippen molar-refractivity contribution in [2.75, 3.05) is 69.8 Å². The van der Waals surface area contributed by atoms with E-state index >= 15 is 0 Å². The standard InChI is InChI=1S/C21H31N5O3/c1-24(2)20-22-18-16(19(23-20)26-9-14-12-29-13-15(14)10-26)3-4-21(18)5-7-25(8-6-21)11-17(27)28/h14-15H,3-13H2,1-2H3,(H,27,28)/t14-,15+. The van der Waals surface area contributed by atoms with Gasteiger partial charge in [-0.15, -0.1) is 0 Å². The predicted molar refractivity (Wildman–Crippen MR) is 110 cm³/mol. The molecule has 3 aliphatic heterocycles. The van der Waals surface area contributed by atoms with Crippen molar-refractivity contribution in [3.8, 4) is 0 Å². The van der Waals surface area contributed by atoms with Gasteiger partial charge in [0.2, 0.25) is 5.95 Å². The van der Waals surface area contributed by atoms with Gasteiger partial charge in [0.05, 0.1) is 25.5 Å². The summed E-state index contributed by atoms with van der Waals surface area (Å²) in [5.41, 5.74) is 2.64. The van der Waals surface area contributed by atoms with E-state index < -0.39 is 5.97 Å². The molecule has 4 heterocycles. The molecule has 3 fully saturated rings. The van der Waals surface area contributed by atoms with E-state index in [4.69, 9.17) is 19.8 Å². The highest BCUT2D eigenvalue weighted by atomic mass is 16.5. The van der Waals surface area contributed by atoms with Gasteiger partial charge in [-0.2, -0.15) is 4.98 Å². The molecule has 1 aliphatic carbocycles. The number of hydrogen-bond donors (Lipinski definition) is 1. The fraction of sp³-hybridized carbons (Fsp3) is 0.762. The van der Waals surface area contributed by atoms with Gasteiger partial charge < -0.3 is 19.6 Å². The predicted octanol–water partition coefficient (Wildman–Crippen LogP) is 0.990. The van der Waals surface area contributed by atoms with Gasteiger partial charge in [-0.05, 0) is 38.8 Å². The number of hydrogen-bond acceptors (Lipinski definition) is 7. The second-order valence-corrected chi connectivity index (χ2v) is 9.48. The zero-order valence-corrected chi connectivity index (χ0v) is 17.4. The highest BCUT2D eigenvalue weighted by Crippen LogP contribution is 2.48. The molecule has 1 aromatic rings. The largest absolute Gasteiger partial charge is 0.480 e. The van der Waals surface area contributed by atoms with Crippen molar-refractivity contribution < 1.29 is 14.6 Å². The fourth-order valence-corrected chi connectivity index (χ4v) is 5.75. The molecule has 1 N–H and O–H groups in total. The normalized spacial score (nSPS) is 28.0. The molecule has 29 heavy (non-hydrogen) atoms. The first kappa shape index (κ1) is 19.1. The van der Waals surface area contributed by atoms with Gasteiger partial charge in [0.25, 0.3) is 0 Å². The number of ether oxygens (including phenoxy) is 1. The summed E-state index contributed by atoms with van der Waals surface area (Å²) in [6, 6.07) is 0. The third kappa shape index (κ3) is 3.26. The lowest BCUT2D eigenvalue weighted by atomic mass is 9.76. The molecular weight excluding hydrogens is 370 g/mol. The number of piperidine rings is 1. The van der Waals surface area contributed by atoms with E-state index in [0.29, 0.717) is 11.8 Å². The fourth-order valence-electron chi connectivity index (χ4n) is 5.75. The second-order valence-electron chi connectivity index (χ2n) is 9.48. The molecule has 0 aromatic carbocycles. The van der Waals surface area contributed by atoms with Crippen LogP contribution in [0.15, 0.2) is 0 Å². The number of aliphatic carboxylic acids is 1. The van der Waals surface area contributed by atoms with Crippen LogP contribution >= 0.6 is 0 Å². The van der Waals surface area contributed by atoms with Crippen LogP contribution < -0.4 is 9.80 Å². The van der Waals surface area contributed by atoms with Crippen molar-refractivity contribution in [3.63, 3.8) is 0 Å². The Hall–Kier alpha value is -1.93. The van der Waals surface area contributed by atoms with E-state index in [1.165, 1.54) is 11.3 Å². The first-order valence-corrected chi connectivity index (χ1v) is 10.8. The molecule has 2 atom stereocenters. The Morgan fingerprint density at radius 3 is 2.48 bits per heavy atom. The molecule has 1 aromatic heterocycles. The van der Waals surface area contributed by atoms with Crippen LogP contribution in [-0.4, -0.2) is 86.0 Å². The maximum atomic E-state index is 11.1. The van der Waals surface area contributed by atoms with Gasteiger partial charge in [0.15, 0.2) is 0 Å². The average molecular weight is 402 g/mol. The molecular formula is C21H31N5O3. The molecule has 5 rings (SSSR count). The third-order valence-electron chi connectivity index (χ3n) is 7.44. The van der Waals surface area contributed by atoms with Crippen molar-refractivity contribution in [1.82, 2.24) is 14.9 Å². The maximum Gasteiger partial charge on any atom is 0.317 e. The maximum absolute atomic E-state index is 11.1. The van der Waals surface area contributed by atoms with E-state index in [-0.39, 0.29) is 12.0 Å². The van der Waals surface area contributed by atoms with Gasteiger partial charge in [-0.1, -0.05) is 0 Å². The van der Waals surface area contributed by atoms with Crippen LogP contribution in [0.4, 0.5) is 11.8 Å². The third-order valence-corrected chi connectivity index (χ3v) is 7.44. The number of likely N-dealkylation sites (tertiary alicyclic amines) is 1. The summed E-state index contributed by atoms with van der Waals surface area (Å²) in [6.45, 7) is 5.60. The van der Waals surface area contributed by atoms with Gasteiger partial charge >= 0.3 is 5.97 Å². The molecule has 3 saturated heterocycles. The Kier molecular flexibility index (Phi) is 4.66. The molecule has 8 nitrogen and oxygen atoms in total. The van der Waals surface area contributed by atoms with Gasteiger partial charge in [-0.25, -0.2) is 4.98 Å². The highest BCUT2D eigenvalue weighted by Gasteiger charge is 2.46. The molecule has 4 aliphatic rings. The monoisotopic (exact) mass is 401 g/mol. The average Bonchev–Trinajstić information content (AvgIpc) is 3.37. The summed E-state index contributed by atoms with van der Waals surface area (Å²) in [5, 5.41) is 9.12. The molecule has 1 spiro atoms. The summed E-state index contributed by atoms with van der Waals surface area (Å²) in [7, 11) is 4.02. The molecule has 0 saturated carbocycles. The number of carboxylic acid groups (broad SMARTS) is 1. The number of carbonyl (C=O) groups is 1. The van der Waals surface area contributed by atoms with Gasteiger partial charge in [0, 0.05) is 50.0 Å². The van der Waals surface area contributed by atoms with Crippen molar-refractivity contribution in [2.45, 2.75) is 31.1 Å². The van der Waals surface area contributed by atoms with Crippen molar-refractivity contribution in [2.24, 2.45) is 11.8 Å². The summed E-state index contributed by atoms with van der Waals surface area (Å²) in [5.74, 6) is 2.44. The lowest BCUT2D eigenvalue weighted by Gasteiger charge is -2.39. The van der Waals surface area contributed by atoms with Crippen LogP contribution in [0.25, 0.3) is 0 Å². The zero-order valence-electron chi connectivity index (χ0n) is 17.4. The minimum absolute atomic E-state index is 0.0749. The van der Waals surface area contributed by atoms with Crippen LogP contribution in [0, 0.1) is 11.8 Å². The van der Waals surface area contributed by atoms with Crippen molar-refractivity contribution >= 4 is 17.7 Å². The van der Waals surface area contributed by atoms with E-state index in [0.717, 1.165) is 76.8 Å². The Labute approximate surface area is 171 Å².